The van der Waals surface area contributed by atoms with Crippen molar-refractivity contribution in [2.24, 2.45) is 0 Å². The van der Waals surface area contributed by atoms with Gasteiger partial charge in [-0.15, -0.1) is 0 Å². The molecule has 4 nitrogen and oxygen atoms in total. The van der Waals surface area contributed by atoms with Crippen molar-refractivity contribution in [2.75, 3.05) is 7.11 Å². The van der Waals surface area contributed by atoms with Gasteiger partial charge in [0.2, 0.25) is 0 Å². The van der Waals surface area contributed by atoms with Crippen molar-refractivity contribution >= 4 is 11.8 Å². The minimum atomic E-state index is -0.359. The monoisotopic (exact) mass is 416 g/mol. The van der Waals surface area contributed by atoms with E-state index in [-0.39, 0.29) is 11.4 Å². The van der Waals surface area contributed by atoms with Gasteiger partial charge in [0.1, 0.15) is 16.8 Å². The predicted molar refractivity (Wildman–Crippen MR) is 120 cm³/mol. The summed E-state index contributed by atoms with van der Waals surface area (Å²) < 4.78 is 5.28. The van der Waals surface area contributed by atoms with Crippen molar-refractivity contribution in [3.05, 3.63) is 66.2 Å². The highest BCUT2D eigenvalue weighted by molar-refractivity contribution is 8.00. The third-order valence-corrected chi connectivity index (χ3v) is 6.87. The molecule has 1 heterocycles. The fraction of sp³-hybridized carbons (Fsp3) is 0.280. The Morgan fingerprint density at radius 1 is 1.03 bits per heavy atom. The number of nitrogens with zero attached hydrogens (tertiary/aromatic N) is 2. The van der Waals surface area contributed by atoms with Gasteiger partial charge in [0.25, 0.3) is 0 Å². The van der Waals surface area contributed by atoms with Gasteiger partial charge in [-0.2, -0.15) is 5.26 Å². The van der Waals surface area contributed by atoms with Gasteiger partial charge in [-0.25, -0.2) is 4.98 Å². The van der Waals surface area contributed by atoms with Gasteiger partial charge in [-0.05, 0) is 48.7 Å². The zero-order valence-corrected chi connectivity index (χ0v) is 17.7. The Labute approximate surface area is 181 Å². The summed E-state index contributed by atoms with van der Waals surface area (Å²) in [5.41, 5.74) is 4.19. The van der Waals surface area contributed by atoms with Gasteiger partial charge in [0.05, 0.1) is 24.5 Å². The minimum absolute atomic E-state index is 0.0630. The fourth-order valence-corrected chi connectivity index (χ4v) is 5.12. The molecule has 30 heavy (non-hydrogen) atoms. The number of hydrogen-bond donors (Lipinski definition) is 1. The predicted octanol–water partition coefficient (Wildman–Crippen LogP) is 5.69. The van der Waals surface area contributed by atoms with E-state index in [0.29, 0.717) is 10.6 Å². The zero-order valence-electron chi connectivity index (χ0n) is 16.9. The van der Waals surface area contributed by atoms with Gasteiger partial charge >= 0.3 is 0 Å². The first-order valence-corrected chi connectivity index (χ1v) is 11.1. The van der Waals surface area contributed by atoms with Crippen molar-refractivity contribution in [1.82, 2.24) is 4.98 Å². The van der Waals surface area contributed by atoms with Gasteiger partial charge in [-0.1, -0.05) is 54.9 Å². The number of ether oxygens (including phenoxy) is 1. The SMILES string of the molecule is COc1ccc(-c2cc(-c3ccccc3)c(C#N)c(S[C@H]3CCCC[C@H]3O)n2)cc1. The van der Waals surface area contributed by atoms with Crippen LogP contribution in [-0.2, 0) is 0 Å². The molecule has 4 rings (SSSR count). The van der Waals surface area contributed by atoms with Crippen molar-refractivity contribution in [3.63, 3.8) is 0 Å². The molecule has 2 atom stereocenters. The summed E-state index contributed by atoms with van der Waals surface area (Å²) in [5, 5.41) is 21.2. The highest BCUT2D eigenvalue weighted by Gasteiger charge is 2.27. The van der Waals surface area contributed by atoms with Crippen LogP contribution in [0, 0.1) is 11.3 Å². The molecule has 1 fully saturated rings. The molecular weight excluding hydrogens is 392 g/mol. The minimum Gasteiger partial charge on any atom is -0.497 e. The summed E-state index contributed by atoms with van der Waals surface area (Å²) >= 11 is 1.54. The molecule has 3 aromatic rings. The van der Waals surface area contributed by atoms with Crippen LogP contribution < -0.4 is 4.74 Å². The van der Waals surface area contributed by atoms with E-state index in [1.54, 1.807) is 18.9 Å². The second-order valence-electron chi connectivity index (χ2n) is 7.45. The first-order valence-electron chi connectivity index (χ1n) is 10.2. The Hall–Kier alpha value is -2.81. The molecule has 1 aliphatic rings. The molecule has 1 N–H and O–H groups in total. The van der Waals surface area contributed by atoms with Crippen molar-refractivity contribution in [1.29, 1.82) is 5.26 Å². The van der Waals surface area contributed by atoms with Gasteiger partial charge in [-0.3, -0.25) is 0 Å². The number of nitriles is 1. The maximum atomic E-state index is 10.5. The Bertz CT molecular complexity index is 1050. The number of methoxy groups -OCH3 is 1. The van der Waals surface area contributed by atoms with E-state index in [4.69, 9.17) is 9.72 Å². The average molecular weight is 417 g/mol. The smallest absolute Gasteiger partial charge is 0.118 e. The molecule has 0 amide bonds. The van der Waals surface area contributed by atoms with Gasteiger partial charge in [0, 0.05) is 16.4 Å². The molecule has 1 aromatic heterocycles. The van der Waals surface area contributed by atoms with Crippen LogP contribution in [0.1, 0.15) is 31.2 Å². The van der Waals surface area contributed by atoms with Crippen molar-refractivity contribution in [3.8, 4) is 34.2 Å². The first kappa shape index (κ1) is 20.5. The number of pyridine rings is 1. The first-order chi connectivity index (χ1) is 14.7. The lowest BCUT2D eigenvalue weighted by atomic mass is 9.97. The molecule has 0 aliphatic heterocycles. The zero-order chi connectivity index (χ0) is 20.9. The number of rotatable bonds is 5. The molecule has 0 unspecified atom stereocenters. The standard InChI is InChI=1S/C25H24N2O2S/c1-29-19-13-11-18(12-14-19)22-15-20(17-7-3-2-4-8-17)21(16-26)25(27-22)30-24-10-6-5-9-23(24)28/h2-4,7-8,11-15,23-24,28H,5-6,9-10H2,1H3/t23-,24+/m1/s1. The molecule has 0 spiro atoms. The molecule has 0 radical (unpaired) electrons. The molecule has 1 aliphatic carbocycles. The van der Waals surface area contributed by atoms with E-state index in [2.05, 4.69) is 6.07 Å². The Morgan fingerprint density at radius 3 is 2.43 bits per heavy atom. The summed E-state index contributed by atoms with van der Waals surface area (Å²) in [6, 6.07) is 22.1. The van der Waals surface area contributed by atoms with Crippen LogP contribution >= 0.6 is 11.8 Å². The lowest BCUT2D eigenvalue weighted by Gasteiger charge is -2.27. The van der Waals surface area contributed by atoms with Gasteiger partial charge in [0.15, 0.2) is 0 Å². The topological polar surface area (TPSA) is 66.1 Å². The van der Waals surface area contributed by atoms with Crippen LogP contribution in [0.15, 0.2) is 65.7 Å². The second kappa shape index (κ2) is 9.34. The van der Waals surface area contributed by atoms with Crippen molar-refractivity contribution < 1.29 is 9.84 Å². The van der Waals surface area contributed by atoms with Crippen LogP contribution in [0.4, 0.5) is 0 Å². The number of aliphatic hydroxyl groups excluding tert-OH is 1. The van der Waals surface area contributed by atoms with E-state index in [1.807, 2.05) is 60.7 Å². The van der Waals surface area contributed by atoms with Gasteiger partial charge < -0.3 is 9.84 Å². The number of benzene rings is 2. The second-order valence-corrected chi connectivity index (χ2v) is 8.68. The van der Waals surface area contributed by atoms with E-state index >= 15 is 0 Å². The molecule has 1 saturated carbocycles. The summed E-state index contributed by atoms with van der Waals surface area (Å²) in [6.07, 6.45) is 3.54. The maximum Gasteiger partial charge on any atom is 0.118 e. The van der Waals surface area contributed by atoms with E-state index in [9.17, 15) is 10.4 Å². The van der Waals surface area contributed by atoms with E-state index in [0.717, 1.165) is 53.8 Å². The fourth-order valence-electron chi connectivity index (χ4n) is 3.83. The number of hydrogen-bond acceptors (Lipinski definition) is 5. The molecule has 0 saturated heterocycles. The Balaban J connectivity index is 1.83. The Morgan fingerprint density at radius 2 is 1.77 bits per heavy atom. The molecule has 5 heteroatoms. The highest BCUT2D eigenvalue weighted by atomic mass is 32.2. The van der Waals surface area contributed by atoms with Crippen LogP contribution in [0.25, 0.3) is 22.4 Å². The van der Waals surface area contributed by atoms with E-state index < -0.39 is 0 Å². The summed E-state index contributed by atoms with van der Waals surface area (Å²) in [5.74, 6) is 0.788. The third-order valence-electron chi connectivity index (χ3n) is 5.50. The largest absolute Gasteiger partial charge is 0.497 e. The van der Waals surface area contributed by atoms with Crippen LogP contribution in [0.2, 0.25) is 0 Å². The van der Waals surface area contributed by atoms with Crippen LogP contribution in [0.3, 0.4) is 0 Å². The molecule has 152 valence electrons. The highest BCUT2D eigenvalue weighted by Crippen LogP contribution is 2.39. The quantitative estimate of drug-likeness (QED) is 0.579. The van der Waals surface area contributed by atoms with Crippen LogP contribution in [-0.4, -0.2) is 28.6 Å². The van der Waals surface area contributed by atoms with E-state index in [1.165, 1.54) is 0 Å². The Kier molecular flexibility index (Phi) is 6.37. The molecule has 0 bridgehead atoms. The van der Waals surface area contributed by atoms with Crippen molar-refractivity contribution in [2.45, 2.75) is 42.1 Å². The third kappa shape index (κ3) is 4.35. The molecular formula is C25H24N2O2S. The summed E-state index contributed by atoms with van der Waals surface area (Å²) in [6.45, 7) is 0. The lowest BCUT2D eigenvalue weighted by molar-refractivity contribution is 0.137. The summed E-state index contributed by atoms with van der Waals surface area (Å²) in [7, 11) is 1.65. The van der Waals surface area contributed by atoms with Crippen LogP contribution in [0.5, 0.6) is 5.75 Å². The molecule has 2 aromatic carbocycles. The number of aliphatic hydroxyl groups is 1. The summed E-state index contributed by atoms with van der Waals surface area (Å²) in [4.78, 5) is 4.87. The number of thioether (sulfide) groups is 1. The maximum absolute atomic E-state index is 10.5. The normalized spacial score (nSPS) is 18.6. The average Bonchev–Trinajstić information content (AvgIpc) is 2.80. The number of aromatic nitrogens is 1. The lowest BCUT2D eigenvalue weighted by Crippen LogP contribution is -2.27.